The van der Waals surface area contributed by atoms with Crippen molar-refractivity contribution in [1.29, 1.82) is 0 Å². The van der Waals surface area contributed by atoms with Gasteiger partial charge in [-0.1, -0.05) is 19.9 Å². The molecule has 0 aliphatic rings. The van der Waals surface area contributed by atoms with Crippen LogP contribution >= 0.6 is 0 Å². The molecule has 6 heteroatoms. The molecule has 1 N–H and O–H groups in total. The predicted octanol–water partition coefficient (Wildman–Crippen LogP) is 3.45. The summed E-state index contributed by atoms with van der Waals surface area (Å²) in [5, 5.41) is 2.86. The fraction of sp³-hybridized carbons (Fsp3) is 0.400. The first kappa shape index (κ1) is 19.6. The molecule has 140 valence electrons. The number of rotatable bonds is 9. The first-order valence-corrected chi connectivity index (χ1v) is 8.62. The van der Waals surface area contributed by atoms with Gasteiger partial charge in [-0.2, -0.15) is 0 Å². The number of benzene rings is 1. The number of nitrogens with zero attached hydrogens (tertiary/aromatic N) is 1. The number of carbonyl (C=O) groups is 1. The average Bonchev–Trinajstić information content (AvgIpc) is 2.66. The number of carbonyl (C=O) groups excluding carboxylic acids is 1. The van der Waals surface area contributed by atoms with Crippen LogP contribution in [0.25, 0.3) is 0 Å². The third-order valence-corrected chi connectivity index (χ3v) is 3.84. The van der Waals surface area contributed by atoms with Gasteiger partial charge in [0.2, 0.25) is 5.88 Å². The van der Waals surface area contributed by atoms with Crippen molar-refractivity contribution in [3.8, 4) is 17.4 Å². The van der Waals surface area contributed by atoms with Gasteiger partial charge in [-0.15, -0.1) is 0 Å². The molecular weight excluding hydrogens is 332 g/mol. The monoisotopic (exact) mass is 358 g/mol. The van der Waals surface area contributed by atoms with Crippen LogP contribution in [0, 0.1) is 5.92 Å². The van der Waals surface area contributed by atoms with Crippen molar-refractivity contribution in [3.05, 3.63) is 47.7 Å². The number of amides is 1. The van der Waals surface area contributed by atoms with E-state index in [4.69, 9.17) is 14.2 Å². The topological polar surface area (TPSA) is 69.7 Å². The van der Waals surface area contributed by atoms with E-state index < -0.39 is 0 Å². The molecule has 0 atom stereocenters. The van der Waals surface area contributed by atoms with Crippen LogP contribution in [0.3, 0.4) is 0 Å². The molecule has 0 unspecified atom stereocenters. The lowest BCUT2D eigenvalue weighted by molar-refractivity contribution is 0.0947. The summed E-state index contributed by atoms with van der Waals surface area (Å²) in [6.45, 7) is 5.32. The molecule has 0 saturated carbocycles. The highest BCUT2D eigenvalue weighted by atomic mass is 16.5. The molecule has 2 aromatic rings. The van der Waals surface area contributed by atoms with E-state index in [1.807, 2.05) is 18.2 Å². The summed E-state index contributed by atoms with van der Waals surface area (Å²) in [6.07, 6.45) is 2.56. The lowest BCUT2D eigenvalue weighted by Gasteiger charge is -2.13. The molecule has 0 spiro atoms. The van der Waals surface area contributed by atoms with Crippen LogP contribution in [-0.2, 0) is 6.54 Å². The zero-order chi connectivity index (χ0) is 18.9. The Labute approximate surface area is 154 Å². The molecule has 1 aromatic carbocycles. The Bertz CT molecular complexity index is 732. The number of aromatic nitrogens is 1. The normalized spacial score (nSPS) is 10.5. The van der Waals surface area contributed by atoms with Gasteiger partial charge in [-0.3, -0.25) is 4.79 Å². The maximum absolute atomic E-state index is 12.3. The zero-order valence-electron chi connectivity index (χ0n) is 15.7. The minimum absolute atomic E-state index is 0.244. The Morgan fingerprint density at radius 3 is 2.65 bits per heavy atom. The van der Waals surface area contributed by atoms with Gasteiger partial charge in [-0.05, 0) is 42.2 Å². The first-order chi connectivity index (χ1) is 12.5. The molecule has 0 saturated heterocycles. The van der Waals surface area contributed by atoms with Crippen LogP contribution in [0.5, 0.6) is 17.4 Å². The highest BCUT2D eigenvalue weighted by Crippen LogP contribution is 2.28. The van der Waals surface area contributed by atoms with E-state index in [-0.39, 0.29) is 5.91 Å². The minimum Gasteiger partial charge on any atom is -0.493 e. The van der Waals surface area contributed by atoms with Crippen LogP contribution in [0.15, 0.2) is 36.5 Å². The summed E-state index contributed by atoms with van der Waals surface area (Å²) < 4.78 is 16.3. The molecule has 26 heavy (non-hydrogen) atoms. The van der Waals surface area contributed by atoms with Gasteiger partial charge in [0.1, 0.15) is 5.56 Å². The summed E-state index contributed by atoms with van der Waals surface area (Å²) in [5.74, 6) is 2.00. The van der Waals surface area contributed by atoms with Gasteiger partial charge in [0.25, 0.3) is 5.91 Å². The molecule has 1 aromatic heterocycles. The zero-order valence-corrected chi connectivity index (χ0v) is 15.7. The molecule has 6 nitrogen and oxygen atoms in total. The SMILES string of the molecule is COc1cc(CNC(=O)c2cccnc2OC)ccc1OCCC(C)C. The maximum atomic E-state index is 12.3. The van der Waals surface area contributed by atoms with E-state index in [1.165, 1.54) is 7.11 Å². The molecule has 1 heterocycles. The summed E-state index contributed by atoms with van der Waals surface area (Å²) in [4.78, 5) is 16.4. The molecule has 0 bridgehead atoms. The minimum atomic E-state index is -0.244. The van der Waals surface area contributed by atoms with Crippen LogP contribution in [0.1, 0.15) is 36.2 Å². The number of hydrogen-bond donors (Lipinski definition) is 1. The standard InChI is InChI=1S/C20H26N2O4/c1-14(2)9-11-26-17-8-7-15(12-18(17)24-3)13-22-19(23)16-6-5-10-21-20(16)25-4/h5-8,10,12,14H,9,11,13H2,1-4H3,(H,22,23). The quantitative estimate of drug-likeness (QED) is 0.743. The smallest absolute Gasteiger partial charge is 0.257 e. The number of ether oxygens (including phenoxy) is 3. The van der Waals surface area contributed by atoms with Crippen molar-refractivity contribution in [1.82, 2.24) is 10.3 Å². The molecule has 0 aliphatic carbocycles. The van der Waals surface area contributed by atoms with Crippen molar-refractivity contribution >= 4 is 5.91 Å². The lowest BCUT2D eigenvalue weighted by atomic mass is 10.1. The first-order valence-electron chi connectivity index (χ1n) is 8.62. The van der Waals surface area contributed by atoms with Gasteiger partial charge >= 0.3 is 0 Å². The van der Waals surface area contributed by atoms with Crippen molar-refractivity contribution in [2.75, 3.05) is 20.8 Å². The third-order valence-electron chi connectivity index (χ3n) is 3.84. The second kappa shape index (κ2) is 9.65. The largest absolute Gasteiger partial charge is 0.493 e. The Morgan fingerprint density at radius 2 is 1.96 bits per heavy atom. The molecular formula is C20H26N2O4. The highest BCUT2D eigenvalue weighted by molar-refractivity contribution is 5.96. The van der Waals surface area contributed by atoms with E-state index in [9.17, 15) is 4.79 Å². The fourth-order valence-corrected chi connectivity index (χ4v) is 2.35. The van der Waals surface area contributed by atoms with Crippen molar-refractivity contribution < 1.29 is 19.0 Å². The molecule has 0 radical (unpaired) electrons. The van der Waals surface area contributed by atoms with E-state index in [0.29, 0.717) is 42.0 Å². The fourth-order valence-electron chi connectivity index (χ4n) is 2.35. The van der Waals surface area contributed by atoms with Crippen molar-refractivity contribution in [2.45, 2.75) is 26.8 Å². The number of methoxy groups -OCH3 is 2. The molecule has 0 fully saturated rings. The van der Waals surface area contributed by atoms with E-state index >= 15 is 0 Å². The van der Waals surface area contributed by atoms with Gasteiger partial charge in [-0.25, -0.2) is 4.98 Å². The molecule has 2 rings (SSSR count). The number of pyridine rings is 1. The third kappa shape index (κ3) is 5.37. The van der Waals surface area contributed by atoms with E-state index in [0.717, 1.165) is 12.0 Å². The van der Waals surface area contributed by atoms with Gasteiger partial charge in [0.05, 0.1) is 20.8 Å². The Hall–Kier alpha value is -2.76. The van der Waals surface area contributed by atoms with Crippen LogP contribution < -0.4 is 19.5 Å². The average molecular weight is 358 g/mol. The summed E-state index contributed by atoms with van der Waals surface area (Å²) in [5.41, 5.74) is 1.31. The Balaban J connectivity index is 2.00. The van der Waals surface area contributed by atoms with E-state index in [2.05, 4.69) is 24.1 Å². The number of nitrogens with one attached hydrogen (secondary N) is 1. The number of hydrogen-bond acceptors (Lipinski definition) is 5. The van der Waals surface area contributed by atoms with Crippen LogP contribution in [0.2, 0.25) is 0 Å². The summed E-state index contributed by atoms with van der Waals surface area (Å²) >= 11 is 0. The van der Waals surface area contributed by atoms with Crippen molar-refractivity contribution in [3.63, 3.8) is 0 Å². The predicted molar refractivity (Wildman–Crippen MR) is 99.9 cm³/mol. The maximum Gasteiger partial charge on any atom is 0.257 e. The molecule has 1 amide bonds. The van der Waals surface area contributed by atoms with Gasteiger partial charge < -0.3 is 19.5 Å². The van der Waals surface area contributed by atoms with Crippen molar-refractivity contribution in [2.24, 2.45) is 5.92 Å². The molecule has 0 aliphatic heterocycles. The van der Waals surface area contributed by atoms with Crippen LogP contribution in [-0.4, -0.2) is 31.7 Å². The summed E-state index contributed by atoms with van der Waals surface area (Å²) in [6, 6.07) is 9.02. The van der Waals surface area contributed by atoms with Crippen LogP contribution in [0.4, 0.5) is 0 Å². The van der Waals surface area contributed by atoms with Gasteiger partial charge in [0.15, 0.2) is 11.5 Å². The highest BCUT2D eigenvalue weighted by Gasteiger charge is 2.13. The Morgan fingerprint density at radius 1 is 1.15 bits per heavy atom. The Kier molecular flexibility index (Phi) is 7.26. The summed E-state index contributed by atoms with van der Waals surface area (Å²) in [7, 11) is 3.09. The van der Waals surface area contributed by atoms with E-state index in [1.54, 1.807) is 25.4 Å². The lowest BCUT2D eigenvalue weighted by Crippen LogP contribution is -2.23. The second-order valence-electron chi connectivity index (χ2n) is 6.26. The van der Waals surface area contributed by atoms with Gasteiger partial charge in [0, 0.05) is 12.7 Å². The second-order valence-corrected chi connectivity index (χ2v) is 6.26.